The van der Waals surface area contributed by atoms with E-state index in [1.807, 2.05) is 19.1 Å². The predicted octanol–water partition coefficient (Wildman–Crippen LogP) is 6.11. The molecular weight excluding hydrogens is 442 g/mol. The van der Waals surface area contributed by atoms with E-state index in [4.69, 9.17) is 9.47 Å². The molecule has 0 unspecified atom stereocenters. The number of hydrogen-bond acceptors (Lipinski definition) is 4. The fourth-order valence-electron chi connectivity index (χ4n) is 6.67. The molecule has 3 aromatic rings. The average Bonchev–Trinajstić information content (AvgIpc) is 3.55. The van der Waals surface area contributed by atoms with E-state index in [-0.39, 0.29) is 17.5 Å². The van der Waals surface area contributed by atoms with Crippen molar-refractivity contribution in [2.24, 2.45) is 5.41 Å². The largest absolute Gasteiger partial charge is 0.497 e. The van der Waals surface area contributed by atoms with Crippen LogP contribution in [0.15, 0.2) is 36.4 Å². The van der Waals surface area contributed by atoms with Gasteiger partial charge in [0.15, 0.2) is 0 Å². The highest BCUT2D eigenvalue weighted by molar-refractivity contribution is 5.99. The van der Waals surface area contributed by atoms with Gasteiger partial charge in [0.1, 0.15) is 5.75 Å². The lowest BCUT2D eigenvalue weighted by Crippen LogP contribution is -2.25. The van der Waals surface area contributed by atoms with Crippen LogP contribution in [-0.4, -0.2) is 35.3 Å². The van der Waals surface area contributed by atoms with Crippen LogP contribution in [0.4, 0.5) is 0 Å². The van der Waals surface area contributed by atoms with Crippen molar-refractivity contribution in [3.8, 4) is 17.0 Å². The van der Waals surface area contributed by atoms with Gasteiger partial charge in [-0.3, -0.25) is 4.79 Å². The van der Waals surface area contributed by atoms with Crippen LogP contribution in [0.2, 0.25) is 0 Å². The number of aromatic nitrogens is 1. The summed E-state index contributed by atoms with van der Waals surface area (Å²) < 4.78 is 13.4. The normalized spacial score (nSPS) is 23.1. The van der Waals surface area contributed by atoms with E-state index >= 15 is 0 Å². The highest BCUT2D eigenvalue weighted by Crippen LogP contribution is 2.66. The van der Waals surface area contributed by atoms with Crippen molar-refractivity contribution in [2.45, 2.75) is 63.8 Å². The lowest BCUT2D eigenvalue weighted by molar-refractivity contribution is -0.150. The number of benzene rings is 2. The summed E-state index contributed by atoms with van der Waals surface area (Å²) in [6.45, 7) is 2.68. The molecule has 0 amide bonds. The number of carbonyl (C=O) groups excluding carboxylic acids is 1. The fraction of sp³-hybridized carbons (Fsp3) is 0.448. The SMILES string of the molecule is CCOC(=O)[C@]12C[C@H]1c1cc(OC)ccc1-c1c(C3CCCCC3)c3ccc(C(=O)O)cc3n1C2. The number of ether oxygens (including phenoxy) is 2. The van der Waals surface area contributed by atoms with Gasteiger partial charge in [0.05, 0.1) is 30.4 Å². The van der Waals surface area contributed by atoms with Gasteiger partial charge in [-0.2, -0.15) is 0 Å². The summed E-state index contributed by atoms with van der Waals surface area (Å²) >= 11 is 0. The Morgan fingerprint density at radius 1 is 1.11 bits per heavy atom. The molecular formula is C29H31NO5. The summed E-state index contributed by atoms with van der Waals surface area (Å²) in [7, 11) is 1.67. The molecule has 0 saturated heterocycles. The first-order chi connectivity index (χ1) is 17.0. The quantitative estimate of drug-likeness (QED) is 0.452. The van der Waals surface area contributed by atoms with Crippen molar-refractivity contribution in [1.29, 1.82) is 0 Å². The van der Waals surface area contributed by atoms with Crippen molar-refractivity contribution in [3.63, 3.8) is 0 Å². The van der Waals surface area contributed by atoms with Crippen LogP contribution in [0.25, 0.3) is 22.2 Å². The molecule has 1 aromatic heterocycles. The minimum Gasteiger partial charge on any atom is -0.497 e. The Bertz CT molecular complexity index is 1350. The lowest BCUT2D eigenvalue weighted by Gasteiger charge is -2.24. The van der Waals surface area contributed by atoms with E-state index in [1.54, 1.807) is 19.2 Å². The van der Waals surface area contributed by atoms with Gasteiger partial charge in [0.2, 0.25) is 0 Å². The fourth-order valence-corrected chi connectivity index (χ4v) is 6.67. The first-order valence-electron chi connectivity index (χ1n) is 12.7. The van der Waals surface area contributed by atoms with Gasteiger partial charge in [-0.1, -0.05) is 25.3 Å². The predicted molar refractivity (Wildman–Crippen MR) is 133 cm³/mol. The molecule has 2 aromatic carbocycles. The summed E-state index contributed by atoms with van der Waals surface area (Å²) in [5, 5.41) is 10.9. The van der Waals surface area contributed by atoms with Gasteiger partial charge in [-0.15, -0.1) is 0 Å². The Kier molecular flexibility index (Phi) is 5.17. The molecule has 1 aliphatic heterocycles. The van der Waals surface area contributed by atoms with Crippen LogP contribution in [0.1, 0.15) is 78.8 Å². The first kappa shape index (κ1) is 22.2. The van der Waals surface area contributed by atoms with E-state index in [9.17, 15) is 14.7 Å². The third kappa shape index (κ3) is 3.29. The molecule has 2 atom stereocenters. The van der Waals surface area contributed by atoms with Crippen LogP contribution >= 0.6 is 0 Å². The van der Waals surface area contributed by atoms with E-state index in [0.717, 1.165) is 52.7 Å². The van der Waals surface area contributed by atoms with Crippen LogP contribution in [-0.2, 0) is 16.1 Å². The van der Waals surface area contributed by atoms with E-state index < -0.39 is 11.4 Å². The maximum atomic E-state index is 13.3. The number of rotatable bonds is 5. The number of carboxylic acid groups (broad SMARTS) is 1. The Morgan fingerprint density at radius 2 is 1.91 bits per heavy atom. The highest BCUT2D eigenvalue weighted by Gasteiger charge is 2.64. The monoisotopic (exact) mass is 473 g/mol. The Morgan fingerprint density at radius 3 is 2.63 bits per heavy atom. The highest BCUT2D eigenvalue weighted by atomic mass is 16.5. The van der Waals surface area contributed by atoms with E-state index in [1.165, 1.54) is 24.8 Å². The molecule has 0 radical (unpaired) electrons. The molecule has 2 fully saturated rings. The minimum atomic E-state index is -0.940. The van der Waals surface area contributed by atoms with Crippen LogP contribution in [0.5, 0.6) is 5.75 Å². The second-order valence-corrected chi connectivity index (χ2v) is 10.3. The molecule has 35 heavy (non-hydrogen) atoms. The van der Waals surface area contributed by atoms with E-state index in [0.29, 0.717) is 19.1 Å². The third-order valence-electron chi connectivity index (χ3n) is 8.45. The standard InChI is InChI=1S/C29H31NO5/c1-3-35-28(33)29-15-23(29)22-14-19(34-2)10-12-20(22)26-25(17-7-5-4-6-8-17)21-11-9-18(27(31)32)13-24(21)30(26)16-29/h9-14,17,23H,3-8,15-16H2,1-2H3,(H,31,32)/t23-,29-/m0/s1. The van der Waals surface area contributed by atoms with Gasteiger partial charge in [-0.05, 0) is 73.6 Å². The Labute approximate surface area is 204 Å². The summed E-state index contributed by atoms with van der Waals surface area (Å²) in [5.74, 6) is 0.154. The van der Waals surface area contributed by atoms with Crippen LogP contribution in [0.3, 0.4) is 0 Å². The summed E-state index contributed by atoms with van der Waals surface area (Å²) in [6, 6.07) is 11.7. The molecule has 182 valence electrons. The maximum absolute atomic E-state index is 13.3. The smallest absolute Gasteiger partial charge is 0.335 e. The molecule has 0 bridgehead atoms. The number of carbonyl (C=O) groups is 2. The van der Waals surface area contributed by atoms with Crippen molar-refractivity contribution in [3.05, 3.63) is 53.1 Å². The van der Waals surface area contributed by atoms with Crippen molar-refractivity contribution in [2.75, 3.05) is 13.7 Å². The number of esters is 1. The van der Waals surface area contributed by atoms with Crippen molar-refractivity contribution < 1.29 is 24.2 Å². The Balaban J connectivity index is 1.67. The first-order valence-corrected chi connectivity index (χ1v) is 12.7. The zero-order chi connectivity index (χ0) is 24.3. The van der Waals surface area contributed by atoms with Gasteiger partial charge in [0.25, 0.3) is 0 Å². The van der Waals surface area contributed by atoms with Gasteiger partial charge in [-0.25, -0.2) is 4.79 Å². The van der Waals surface area contributed by atoms with Crippen molar-refractivity contribution in [1.82, 2.24) is 4.57 Å². The summed E-state index contributed by atoms with van der Waals surface area (Å²) in [6.07, 6.45) is 6.65. The second kappa shape index (κ2) is 8.14. The second-order valence-electron chi connectivity index (χ2n) is 10.3. The van der Waals surface area contributed by atoms with Crippen LogP contribution < -0.4 is 4.74 Å². The molecule has 6 nitrogen and oxygen atoms in total. The number of hydrogen-bond donors (Lipinski definition) is 1. The van der Waals surface area contributed by atoms with Crippen molar-refractivity contribution >= 4 is 22.8 Å². The van der Waals surface area contributed by atoms with E-state index in [2.05, 4.69) is 16.7 Å². The number of fused-ring (bicyclic) bond motifs is 7. The van der Waals surface area contributed by atoms with Gasteiger partial charge in [0, 0.05) is 28.9 Å². The topological polar surface area (TPSA) is 77.8 Å². The summed E-state index contributed by atoms with van der Waals surface area (Å²) in [5.41, 5.74) is 5.24. The average molecular weight is 474 g/mol. The molecule has 3 aliphatic rings. The number of aromatic carboxylic acids is 1. The molecule has 1 N–H and O–H groups in total. The molecule has 2 heterocycles. The van der Waals surface area contributed by atoms with Gasteiger partial charge < -0.3 is 19.1 Å². The molecule has 6 heteroatoms. The van der Waals surface area contributed by atoms with Gasteiger partial charge >= 0.3 is 11.9 Å². The molecule has 0 spiro atoms. The molecule has 6 rings (SSSR count). The number of carboxylic acids is 1. The number of methoxy groups -OCH3 is 1. The Hall–Kier alpha value is -3.28. The zero-order valence-electron chi connectivity index (χ0n) is 20.3. The zero-order valence-corrected chi connectivity index (χ0v) is 20.3. The van der Waals surface area contributed by atoms with Crippen LogP contribution in [0, 0.1) is 5.41 Å². The minimum absolute atomic E-state index is 0.0588. The third-order valence-corrected chi connectivity index (χ3v) is 8.45. The molecule has 2 aliphatic carbocycles. The summed E-state index contributed by atoms with van der Waals surface area (Å²) in [4.78, 5) is 25.2. The number of nitrogens with zero attached hydrogens (tertiary/aromatic N) is 1. The molecule has 2 saturated carbocycles. The lowest BCUT2D eigenvalue weighted by atomic mass is 9.81. The maximum Gasteiger partial charge on any atom is 0.335 e.